The molecule has 2 unspecified atom stereocenters. The Balaban J connectivity index is 2.07. The van der Waals surface area contributed by atoms with Gasteiger partial charge >= 0.3 is 7.75 Å². The highest BCUT2D eigenvalue weighted by atomic mass is 31.2. The van der Waals surface area contributed by atoms with Crippen molar-refractivity contribution < 1.29 is 23.5 Å². The third-order valence-corrected chi connectivity index (χ3v) is 4.91. The summed E-state index contributed by atoms with van der Waals surface area (Å²) in [6.07, 6.45) is 0.612. The van der Waals surface area contributed by atoms with Crippen molar-refractivity contribution in [2.75, 3.05) is 21.0 Å². The van der Waals surface area contributed by atoms with Crippen LogP contribution in [0.3, 0.4) is 0 Å². The van der Waals surface area contributed by atoms with Crippen LogP contribution in [0.5, 0.6) is 11.5 Å². The van der Waals surface area contributed by atoms with Gasteiger partial charge in [-0.3, -0.25) is 0 Å². The molecule has 7 heteroatoms. The lowest BCUT2D eigenvalue weighted by Crippen LogP contribution is -2.28. The van der Waals surface area contributed by atoms with E-state index < -0.39 is 7.75 Å². The molecule has 1 aromatic carbocycles. The van der Waals surface area contributed by atoms with Gasteiger partial charge in [0.05, 0.1) is 0 Å². The van der Waals surface area contributed by atoms with E-state index in [9.17, 15) is 9.46 Å². The van der Waals surface area contributed by atoms with Gasteiger partial charge in [0.15, 0.2) is 11.5 Å². The van der Waals surface area contributed by atoms with Crippen LogP contribution in [0.1, 0.15) is 12.5 Å². The van der Waals surface area contributed by atoms with Crippen LogP contribution in [0.2, 0.25) is 0 Å². The molecule has 1 aromatic rings. The van der Waals surface area contributed by atoms with Crippen LogP contribution in [0, 0.1) is 0 Å². The highest BCUT2D eigenvalue weighted by molar-refractivity contribution is 7.50. The summed E-state index contributed by atoms with van der Waals surface area (Å²) in [7, 11) is -0.898. The number of fused-ring (bicyclic) bond motifs is 1. The van der Waals surface area contributed by atoms with Crippen LogP contribution in [0.25, 0.3) is 0 Å². The van der Waals surface area contributed by atoms with Gasteiger partial charge in [-0.25, -0.2) is 9.24 Å². The normalized spacial score (nSPS) is 18.4. The monoisotopic (exact) mass is 287 g/mol. The van der Waals surface area contributed by atoms with E-state index in [1.165, 1.54) is 11.8 Å². The van der Waals surface area contributed by atoms with Gasteiger partial charge in [0.2, 0.25) is 6.79 Å². The molecule has 2 atom stereocenters. The Bertz CT molecular complexity index is 507. The lowest BCUT2D eigenvalue weighted by Gasteiger charge is -2.27. The molecule has 1 heterocycles. The van der Waals surface area contributed by atoms with Crippen molar-refractivity contribution in [3.63, 3.8) is 0 Å². The third-order valence-electron chi connectivity index (χ3n) is 3.24. The van der Waals surface area contributed by atoms with Crippen molar-refractivity contribution in [1.82, 2.24) is 4.67 Å². The fourth-order valence-electron chi connectivity index (χ4n) is 1.92. The molecular weight excluding hydrogens is 269 g/mol. The third kappa shape index (κ3) is 3.09. The largest absolute Gasteiger partial charge is 0.454 e. The highest BCUT2D eigenvalue weighted by Crippen LogP contribution is 2.45. The standard InChI is InChI=1S/C12H18NO5P/c1-9(13(2)19(14,15)16-3)6-10-4-5-11-12(7-10)18-8-17-11/h4-5,7,9H,6,8H2,1-3H3,(H,14,15). The Labute approximate surface area is 112 Å². The summed E-state index contributed by atoms with van der Waals surface area (Å²) in [6.45, 7) is 2.11. The van der Waals surface area contributed by atoms with Gasteiger partial charge in [-0.1, -0.05) is 6.07 Å². The summed E-state index contributed by atoms with van der Waals surface area (Å²) in [5.41, 5.74) is 1.01. The van der Waals surface area contributed by atoms with Gasteiger partial charge in [-0.05, 0) is 38.1 Å². The minimum Gasteiger partial charge on any atom is -0.454 e. The van der Waals surface area contributed by atoms with Crippen molar-refractivity contribution in [1.29, 1.82) is 0 Å². The van der Waals surface area contributed by atoms with E-state index in [0.717, 1.165) is 11.3 Å². The van der Waals surface area contributed by atoms with Crippen molar-refractivity contribution >= 4 is 7.75 Å². The molecule has 2 rings (SSSR count). The second kappa shape index (κ2) is 5.51. The van der Waals surface area contributed by atoms with Gasteiger partial charge in [-0.15, -0.1) is 0 Å². The Morgan fingerprint density at radius 3 is 2.84 bits per heavy atom. The predicted octanol–water partition coefficient (Wildman–Crippen LogP) is 2.02. The number of rotatable bonds is 5. The number of likely N-dealkylation sites (N-methyl/N-ethyl adjacent to an activating group) is 1. The van der Waals surface area contributed by atoms with E-state index in [-0.39, 0.29) is 12.8 Å². The molecule has 0 spiro atoms. The first-order valence-electron chi connectivity index (χ1n) is 5.94. The maximum Gasteiger partial charge on any atom is 0.405 e. The average molecular weight is 287 g/mol. The molecule has 106 valence electrons. The molecule has 0 saturated carbocycles. The zero-order valence-electron chi connectivity index (χ0n) is 11.2. The van der Waals surface area contributed by atoms with Gasteiger partial charge in [0, 0.05) is 13.2 Å². The van der Waals surface area contributed by atoms with E-state index in [1.54, 1.807) is 7.05 Å². The SMILES string of the molecule is COP(=O)(O)N(C)C(C)Cc1ccc2c(c1)OCO2. The molecule has 0 aromatic heterocycles. The second-order valence-corrected chi connectivity index (χ2v) is 6.46. The second-order valence-electron chi connectivity index (χ2n) is 4.49. The molecule has 1 aliphatic heterocycles. The maximum absolute atomic E-state index is 11.7. The molecule has 0 amide bonds. The van der Waals surface area contributed by atoms with Gasteiger partial charge < -0.3 is 18.9 Å². The molecule has 0 aliphatic carbocycles. The molecular formula is C12H18NO5P. The molecule has 6 nitrogen and oxygen atoms in total. The Hall–Kier alpha value is -1.07. The minimum atomic E-state index is -3.70. The summed E-state index contributed by atoms with van der Waals surface area (Å²) in [6, 6.07) is 5.52. The molecule has 0 bridgehead atoms. The number of hydrogen-bond donors (Lipinski definition) is 1. The molecule has 0 fully saturated rings. The van der Waals surface area contributed by atoms with Crippen molar-refractivity contribution in [3.05, 3.63) is 23.8 Å². The van der Waals surface area contributed by atoms with Crippen LogP contribution in [-0.4, -0.2) is 36.6 Å². The van der Waals surface area contributed by atoms with Crippen molar-refractivity contribution in [3.8, 4) is 11.5 Å². The first-order chi connectivity index (χ1) is 8.94. The summed E-state index contributed by atoms with van der Waals surface area (Å²) < 4.78 is 28.2. The predicted molar refractivity (Wildman–Crippen MR) is 70.3 cm³/mol. The van der Waals surface area contributed by atoms with Crippen LogP contribution in [-0.2, 0) is 15.5 Å². The lowest BCUT2D eigenvalue weighted by atomic mass is 10.1. The summed E-state index contributed by atoms with van der Waals surface area (Å²) in [5, 5.41) is 0. The summed E-state index contributed by atoms with van der Waals surface area (Å²) in [5.74, 6) is 1.45. The molecule has 0 saturated heterocycles. The number of benzene rings is 1. The van der Waals surface area contributed by atoms with E-state index in [0.29, 0.717) is 12.2 Å². The molecule has 0 radical (unpaired) electrons. The lowest BCUT2D eigenvalue weighted by molar-refractivity contribution is 0.174. The number of ether oxygens (including phenoxy) is 2. The Kier molecular flexibility index (Phi) is 4.16. The first-order valence-corrected chi connectivity index (χ1v) is 7.47. The van der Waals surface area contributed by atoms with Crippen LogP contribution in [0.4, 0.5) is 0 Å². The van der Waals surface area contributed by atoms with E-state index in [1.807, 2.05) is 25.1 Å². The zero-order chi connectivity index (χ0) is 14.0. The molecule has 1 aliphatic rings. The van der Waals surface area contributed by atoms with Crippen molar-refractivity contribution in [2.45, 2.75) is 19.4 Å². The minimum absolute atomic E-state index is 0.142. The Morgan fingerprint density at radius 1 is 1.47 bits per heavy atom. The van der Waals surface area contributed by atoms with Gasteiger partial charge in [0.25, 0.3) is 0 Å². The Morgan fingerprint density at radius 2 is 2.16 bits per heavy atom. The smallest absolute Gasteiger partial charge is 0.405 e. The van der Waals surface area contributed by atoms with Gasteiger partial charge in [0.1, 0.15) is 0 Å². The topological polar surface area (TPSA) is 68.2 Å². The fourth-order valence-corrected chi connectivity index (χ4v) is 2.76. The van der Waals surface area contributed by atoms with Gasteiger partial charge in [-0.2, -0.15) is 0 Å². The van der Waals surface area contributed by atoms with E-state index in [4.69, 9.17) is 9.47 Å². The van der Waals surface area contributed by atoms with Crippen molar-refractivity contribution in [2.24, 2.45) is 0 Å². The fraction of sp³-hybridized carbons (Fsp3) is 0.500. The molecule has 19 heavy (non-hydrogen) atoms. The summed E-state index contributed by atoms with van der Waals surface area (Å²) >= 11 is 0. The highest BCUT2D eigenvalue weighted by Gasteiger charge is 2.29. The average Bonchev–Trinajstić information content (AvgIpc) is 2.85. The first kappa shape index (κ1) is 14.3. The number of nitrogens with zero attached hydrogens (tertiary/aromatic N) is 1. The maximum atomic E-state index is 11.7. The van der Waals surface area contributed by atoms with Crippen LogP contribution in [0.15, 0.2) is 18.2 Å². The summed E-state index contributed by atoms with van der Waals surface area (Å²) in [4.78, 5) is 9.61. The van der Waals surface area contributed by atoms with Crippen LogP contribution >= 0.6 is 7.75 Å². The molecule has 1 N–H and O–H groups in total. The van der Waals surface area contributed by atoms with Crippen LogP contribution < -0.4 is 9.47 Å². The van der Waals surface area contributed by atoms with E-state index >= 15 is 0 Å². The number of hydrogen-bond acceptors (Lipinski definition) is 4. The van der Waals surface area contributed by atoms with E-state index in [2.05, 4.69) is 4.52 Å². The quantitative estimate of drug-likeness (QED) is 0.836. The zero-order valence-corrected chi connectivity index (χ0v) is 12.1.